The van der Waals surface area contributed by atoms with E-state index >= 15 is 0 Å². The minimum atomic E-state index is -0.828. The maximum Gasteiger partial charge on any atom is 0.277 e. The highest BCUT2D eigenvalue weighted by atomic mass is 35.5. The second-order valence-electron chi connectivity index (χ2n) is 6.89. The van der Waals surface area contributed by atoms with E-state index in [0.29, 0.717) is 29.9 Å². The smallest absolute Gasteiger partial charge is 0.277 e. The van der Waals surface area contributed by atoms with Crippen LogP contribution in [0.5, 0.6) is 5.88 Å². The number of carbonyl (C=O) groups excluding carboxylic acids is 2. The molecule has 4 rings (SSSR count). The summed E-state index contributed by atoms with van der Waals surface area (Å²) in [6, 6.07) is 14.7. The van der Waals surface area contributed by atoms with Gasteiger partial charge in [0.05, 0.1) is 12.1 Å². The first-order valence-electron chi connectivity index (χ1n) is 9.33. The molecule has 1 saturated heterocycles. The summed E-state index contributed by atoms with van der Waals surface area (Å²) in [6.07, 6.45) is 1.17. The fourth-order valence-electron chi connectivity index (χ4n) is 3.50. The first kappa shape index (κ1) is 19.1. The third-order valence-electron chi connectivity index (χ3n) is 5.04. The van der Waals surface area contributed by atoms with E-state index in [9.17, 15) is 14.7 Å². The van der Waals surface area contributed by atoms with Crippen LogP contribution in [-0.2, 0) is 16.1 Å². The van der Waals surface area contributed by atoms with Crippen molar-refractivity contribution in [1.29, 1.82) is 0 Å². The Morgan fingerprint density at radius 2 is 1.97 bits per heavy atom. The summed E-state index contributed by atoms with van der Waals surface area (Å²) in [6.45, 7) is 0.899. The van der Waals surface area contributed by atoms with Crippen LogP contribution in [0.15, 0.2) is 58.8 Å². The Morgan fingerprint density at radius 3 is 2.76 bits per heavy atom. The molecule has 0 radical (unpaired) electrons. The predicted octanol–water partition coefficient (Wildman–Crippen LogP) is 4.19. The monoisotopic (exact) mass is 410 g/mol. The molecule has 2 heterocycles. The number of fused-ring (bicyclic) bond motifs is 1. The van der Waals surface area contributed by atoms with Gasteiger partial charge in [0.2, 0.25) is 11.8 Å². The zero-order chi connectivity index (χ0) is 20.4. The number of benzene rings is 2. The Hall–Kier alpha value is -3.19. The van der Waals surface area contributed by atoms with Gasteiger partial charge in [-0.05, 0) is 30.5 Å². The number of piperidine rings is 1. The topological polar surface area (TPSA) is 96.0 Å². The molecule has 148 valence electrons. The van der Waals surface area contributed by atoms with E-state index in [1.165, 1.54) is 0 Å². The lowest BCUT2D eigenvalue weighted by Crippen LogP contribution is -2.39. The number of nitrogens with one attached hydrogen (secondary N) is 1. The van der Waals surface area contributed by atoms with Crippen molar-refractivity contribution in [2.75, 3.05) is 6.54 Å². The van der Waals surface area contributed by atoms with E-state index in [1.807, 2.05) is 36.4 Å². The van der Waals surface area contributed by atoms with Gasteiger partial charge in [0.25, 0.3) is 5.91 Å². The Balaban J connectivity index is 1.70. The van der Waals surface area contributed by atoms with Crippen molar-refractivity contribution >= 4 is 40.0 Å². The van der Waals surface area contributed by atoms with E-state index < -0.39 is 11.8 Å². The van der Waals surface area contributed by atoms with Gasteiger partial charge in [-0.2, -0.15) is 0 Å². The van der Waals surface area contributed by atoms with Gasteiger partial charge in [0, 0.05) is 17.0 Å². The van der Waals surface area contributed by atoms with Gasteiger partial charge in [-0.3, -0.25) is 9.59 Å². The summed E-state index contributed by atoms with van der Waals surface area (Å²) in [5, 5.41) is 22.5. The van der Waals surface area contributed by atoms with Crippen LogP contribution < -0.4 is 5.32 Å². The Labute approximate surface area is 172 Å². The highest BCUT2D eigenvalue weighted by molar-refractivity contribution is 6.31. The van der Waals surface area contributed by atoms with Gasteiger partial charge in [-0.1, -0.05) is 48.0 Å². The summed E-state index contributed by atoms with van der Waals surface area (Å²) in [7, 11) is 0. The zero-order valence-electron chi connectivity index (χ0n) is 15.5. The van der Waals surface area contributed by atoms with Gasteiger partial charge in [0.15, 0.2) is 5.69 Å². The van der Waals surface area contributed by atoms with Gasteiger partial charge in [0.1, 0.15) is 5.92 Å². The lowest BCUT2D eigenvalue weighted by atomic mass is 9.98. The maximum absolute atomic E-state index is 12.3. The van der Waals surface area contributed by atoms with E-state index in [-0.39, 0.29) is 17.5 Å². The molecule has 0 spiro atoms. The van der Waals surface area contributed by atoms with E-state index in [1.54, 1.807) is 16.7 Å². The van der Waals surface area contributed by atoms with Gasteiger partial charge >= 0.3 is 0 Å². The fourth-order valence-corrected chi connectivity index (χ4v) is 3.70. The van der Waals surface area contributed by atoms with Crippen LogP contribution in [0.1, 0.15) is 18.4 Å². The molecular weight excluding hydrogens is 392 g/mol. The lowest BCUT2D eigenvalue weighted by Gasteiger charge is -2.18. The molecule has 7 nitrogen and oxygen atoms in total. The molecule has 1 unspecified atom stereocenters. The van der Waals surface area contributed by atoms with Crippen LogP contribution in [0.4, 0.5) is 5.69 Å². The third-order valence-corrected chi connectivity index (χ3v) is 5.40. The van der Waals surface area contributed by atoms with Gasteiger partial charge in [-0.15, -0.1) is 10.2 Å². The van der Waals surface area contributed by atoms with Crippen LogP contribution in [0.2, 0.25) is 5.02 Å². The Bertz CT molecular complexity index is 1120. The van der Waals surface area contributed by atoms with Crippen molar-refractivity contribution in [3.05, 3.63) is 59.1 Å². The predicted molar refractivity (Wildman–Crippen MR) is 109 cm³/mol. The normalized spacial score (nSPS) is 17.0. The standard InChI is InChI=1S/C21H19ClN4O3/c22-16-9-3-1-6-13(16)12-26-17-10-4-2-7-14(17)18(21(26)29)24-25-20(28)15-8-5-11-23-19(15)27/h1-4,6-7,9-10,15,29H,5,8,11-12H2,(H,23,27). The highest BCUT2D eigenvalue weighted by Crippen LogP contribution is 2.39. The van der Waals surface area contributed by atoms with Crippen LogP contribution in [0, 0.1) is 5.92 Å². The number of aromatic nitrogens is 1. The van der Waals surface area contributed by atoms with Gasteiger partial charge < -0.3 is 15.0 Å². The average molecular weight is 411 g/mol. The molecule has 29 heavy (non-hydrogen) atoms. The van der Waals surface area contributed by atoms with Crippen LogP contribution in [0.25, 0.3) is 10.9 Å². The molecule has 1 aromatic heterocycles. The number of hydrogen-bond acceptors (Lipinski definition) is 4. The molecular formula is C21H19ClN4O3. The van der Waals surface area contributed by atoms with E-state index in [2.05, 4.69) is 15.5 Å². The van der Waals surface area contributed by atoms with Crippen molar-refractivity contribution in [2.45, 2.75) is 19.4 Å². The second kappa shape index (κ2) is 8.05. The summed E-state index contributed by atoms with van der Waals surface area (Å²) in [5.41, 5.74) is 1.77. The molecule has 1 fully saturated rings. The third kappa shape index (κ3) is 3.73. The summed E-state index contributed by atoms with van der Waals surface area (Å²) < 4.78 is 1.67. The quantitative estimate of drug-likeness (QED) is 0.498. The number of hydrogen-bond donors (Lipinski definition) is 2. The minimum absolute atomic E-state index is 0.115. The maximum atomic E-state index is 12.3. The summed E-state index contributed by atoms with van der Waals surface area (Å²) >= 11 is 6.27. The minimum Gasteiger partial charge on any atom is -0.493 e. The zero-order valence-corrected chi connectivity index (χ0v) is 16.3. The number of azo groups is 1. The molecule has 1 atom stereocenters. The number of rotatable bonds is 4. The highest BCUT2D eigenvalue weighted by Gasteiger charge is 2.29. The molecule has 3 aromatic rings. The number of amides is 2. The largest absolute Gasteiger partial charge is 0.493 e. The lowest BCUT2D eigenvalue weighted by molar-refractivity contribution is -0.135. The Morgan fingerprint density at radius 1 is 1.21 bits per heavy atom. The fraction of sp³-hybridized carbons (Fsp3) is 0.238. The molecule has 1 aliphatic rings. The van der Waals surface area contributed by atoms with Crippen LogP contribution in [-0.4, -0.2) is 28.0 Å². The van der Waals surface area contributed by atoms with Crippen molar-refractivity contribution in [3.8, 4) is 5.88 Å². The molecule has 2 N–H and O–H groups in total. The summed E-state index contributed by atoms with van der Waals surface area (Å²) in [4.78, 5) is 24.2. The first-order valence-corrected chi connectivity index (χ1v) is 9.71. The number of aromatic hydroxyl groups is 1. The van der Waals surface area contributed by atoms with Crippen molar-refractivity contribution in [3.63, 3.8) is 0 Å². The van der Waals surface area contributed by atoms with Gasteiger partial charge in [-0.25, -0.2) is 0 Å². The summed E-state index contributed by atoms with van der Waals surface area (Å²) in [5.74, 6) is -1.88. The van der Waals surface area contributed by atoms with Crippen molar-refractivity contribution in [2.24, 2.45) is 16.1 Å². The average Bonchev–Trinajstić information content (AvgIpc) is 2.99. The SMILES string of the molecule is O=C(N=Nc1c(O)n(Cc2ccccc2Cl)c2ccccc12)C1CCCNC1=O. The van der Waals surface area contributed by atoms with Crippen LogP contribution in [0.3, 0.4) is 0 Å². The van der Waals surface area contributed by atoms with Crippen LogP contribution >= 0.6 is 11.6 Å². The molecule has 0 saturated carbocycles. The molecule has 2 amide bonds. The van der Waals surface area contributed by atoms with E-state index in [4.69, 9.17) is 11.6 Å². The Kier molecular flexibility index (Phi) is 5.31. The molecule has 8 heteroatoms. The first-order chi connectivity index (χ1) is 14.1. The van der Waals surface area contributed by atoms with Crippen molar-refractivity contribution in [1.82, 2.24) is 9.88 Å². The molecule has 0 bridgehead atoms. The van der Waals surface area contributed by atoms with Crippen molar-refractivity contribution < 1.29 is 14.7 Å². The molecule has 0 aliphatic carbocycles. The number of carbonyl (C=O) groups is 2. The number of nitrogens with zero attached hydrogens (tertiary/aromatic N) is 3. The molecule has 2 aromatic carbocycles. The number of halogens is 1. The number of para-hydroxylation sites is 1. The van der Waals surface area contributed by atoms with E-state index in [0.717, 1.165) is 17.5 Å². The second-order valence-corrected chi connectivity index (χ2v) is 7.30. The molecule has 1 aliphatic heterocycles.